The first kappa shape index (κ1) is 53.7. The summed E-state index contributed by atoms with van der Waals surface area (Å²) in [6.07, 6.45) is 19.0. The van der Waals surface area contributed by atoms with Crippen molar-refractivity contribution in [2.45, 2.75) is 181 Å². The molecular formula is C43H95N5O4. The van der Waals surface area contributed by atoms with E-state index in [-0.39, 0.29) is 0 Å². The molecule has 1 heterocycles. The Kier molecular flexibility index (Phi) is 35.1. The highest BCUT2D eigenvalue weighted by atomic mass is 16.5. The zero-order valence-corrected chi connectivity index (χ0v) is 36.6. The Morgan fingerprint density at radius 3 is 1.38 bits per heavy atom. The van der Waals surface area contributed by atoms with Crippen LogP contribution >= 0.6 is 0 Å². The third kappa shape index (κ3) is 29.0. The van der Waals surface area contributed by atoms with E-state index in [2.05, 4.69) is 62.4 Å². The highest BCUT2D eigenvalue weighted by Gasteiger charge is 2.32. The predicted molar refractivity (Wildman–Crippen MR) is 226 cm³/mol. The molecule has 1 aliphatic heterocycles. The summed E-state index contributed by atoms with van der Waals surface area (Å²) in [6.45, 7) is 26.5. The van der Waals surface area contributed by atoms with Crippen LogP contribution in [0.4, 0.5) is 0 Å². The second-order valence-electron chi connectivity index (χ2n) is 16.4. The van der Waals surface area contributed by atoms with Crippen molar-refractivity contribution in [3.63, 3.8) is 0 Å². The fraction of sp³-hybridized carbons (Fsp3) is 1.00. The highest BCUT2D eigenvalue weighted by molar-refractivity contribution is 4.87. The Morgan fingerprint density at radius 2 is 1.04 bits per heavy atom. The average molecular weight is 746 g/mol. The maximum Gasteiger partial charge on any atom is 0.0771 e. The summed E-state index contributed by atoms with van der Waals surface area (Å²) in [5, 5.41) is 39.6. The molecule has 0 aromatic carbocycles. The Balaban J connectivity index is 0. The number of hydrogen-bond donors (Lipinski definition) is 7. The number of morpholine rings is 1. The van der Waals surface area contributed by atoms with Crippen molar-refractivity contribution in [1.29, 1.82) is 0 Å². The summed E-state index contributed by atoms with van der Waals surface area (Å²) in [6, 6.07) is 0. The van der Waals surface area contributed by atoms with E-state index < -0.39 is 16.8 Å². The molecule has 0 aromatic heterocycles. The number of aliphatic hydroxyl groups is 3. The molecule has 4 fully saturated rings. The van der Waals surface area contributed by atoms with Gasteiger partial charge < -0.3 is 41.7 Å². The summed E-state index contributed by atoms with van der Waals surface area (Å²) in [5.41, 5.74) is 4.07. The molecular weight excluding hydrogens is 651 g/mol. The summed E-state index contributed by atoms with van der Waals surface area (Å²) in [4.78, 5) is 2.46. The van der Waals surface area contributed by atoms with Gasteiger partial charge in [0.25, 0.3) is 0 Å². The third-order valence-electron chi connectivity index (χ3n) is 11.2. The van der Waals surface area contributed by atoms with Gasteiger partial charge in [0.15, 0.2) is 0 Å². The Labute approximate surface area is 324 Å². The zero-order chi connectivity index (χ0) is 39.7. The van der Waals surface area contributed by atoms with E-state index in [0.717, 1.165) is 135 Å². The minimum Gasteiger partial charge on any atom is -0.389 e. The van der Waals surface area contributed by atoms with Crippen molar-refractivity contribution in [3.05, 3.63) is 0 Å². The Morgan fingerprint density at radius 1 is 0.615 bits per heavy atom. The van der Waals surface area contributed by atoms with Crippen molar-refractivity contribution in [1.82, 2.24) is 20.9 Å². The van der Waals surface area contributed by atoms with Gasteiger partial charge in [-0.2, -0.15) is 0 Å². The number of likely N-dealkylation sites (N-methyl/N-ethyl adjacent to an activating group) is 1. The highest BCUT2D eigenvalue weighted by Crippen LogP contribution is 2.32. The molecule has 3 aliphatic carbocycles. The lowest BCUT2D eigenvalue weighted by Crippen LogP contribution is -2.44. The third-order valence-corrected chi connectivity index (χ3v) is 11.2. The molecule has 1 saturated heterocycles. The zero-order valence-electron chi connectivity index (χ0n) is 36.6. The van der Waals surface area contributed by atoms with Gasteiger partial charge in [0.05, 0.1) is 30.0 Å². The lowest BCUT2D eigenvalue weighted by atomic mass is 9.79. The SMILES string of the molecule is CC.CC1CCC(O)(CN)CC1.CC1CCC(O)(CNCCCN2CCOCC2)CC1.CCCC.CCCCNC.CNCC1(O)CCC(C)CC1. The molecule has 4 rings (SSSR count). The first-order valence-corrected chi connectivity index (χ1v) is 22.0. The maximum absolute atomic E-state index is 10.4. The summed E-state index contributed by atoms with van der Waals surface area (Å²) in [7, 11) is 3.88. The standard InChI is InChI=1S/C15H30N2O2.C9H19NO.C8H17NO.C5H13N.C4H10.C2H6/c1-14-3-5-15(18,6-4-14)13-16-7-2-8-17-9-11-19-12-10-17;1-8-3-5-9(11,6-4-8)7-10-2;1-7-2-4-8(10,6-9)5-3-7;1-3-4-5-6-2;1-3-4-2;1-2/h14,16,18H,2-13H2,1H3;8,10-11H,3-7H2,1-2H3;7,10H,2-6,9H2,1H3;6H,3-5H2,1-2H3;3-4H2,1-2H3;1-2H3. The molecule has 3 saturated carbocycles. The van der Waals surface area contributed by atoms with Crippen molar-refractivity contribution in [2.75, 3.05) is 79.7 Å². The van der Waals surface area contributed by atoms with E-state index in [0.29, 0.717) is 6.54 Å². The van der Waals surface area contributed by atoms with Crippen molar-refractivity contribution in [2.24, 2.45) is 23.5 Å². The van der Waals surface area contributed by atoms with E-state index >= 15 is 0 Å². The monoisotopic (exact) mass is 746 g/mol. The van der Waals surface area contributed by atoms with Crippen LogP contribution in [0.1, 0.15) is 165 Å². The molecule has 0 amide bonds. The lowest BCUT2D eigenvalue weighted by Gasteiger charge is -2.35. The van der Waals surface area contributed by atoms with Gasteiger partial charge in [0.2, 0.25) is 0 Å². The van der Waals surface area contributed by atoms with E-state index in [1.54, 1.807) is 0 Å². The number of nitrogens with zero attached hydrogens (tertiary/aromatic N) is 1. The summed E-state index contributed by atoms with van der Waals surface area (Å²) < 4.78 is 5.34. The van der Waals surface area contributed by atoms with Crippen LogP contribution in [0, 0.1) is 17.8 Å². The van der Waals surface area contributed by atoms with E-state index in [4.69, 9.17) is 10.5 Å². The van der Waals surface area contributed by atoms with E-state index in [1.807, 2.05) is 27.9 Å². The quantitative estimate of drug-likeness (QED) is 0.0985. The van der Waals surface area contributed by atoms with Gasteiger partial charge in [-0.3, -0.25) is 4.90 Å². The minimum atomic E-state index is -0.521. The maximum atomic E-state index is 10.4. The van der Waals surface area contributed by atoms with Crippen LogP contribution in [-0.4, -0.2) is 117 Å². The number of nitrogens with two attached hydrogens (primary N) is 1. The molecule has 0 unspecified atom stereocenters. The number of rotatable bonds is 13. The van der Waals surface area contributed by atoms with Gasteiger partial charge >= 0.3 is 0 Å². The smallest absolute Gasteiger partial charge is 0.0771 e. The molecule has 0 radical (unpaired) electrons. The first-order chi connectivity index (χ1) is 24.8. The Hall–Kier alpha value is -0.360. The molecule has 0 atom stereocenters. The second-order valence-corrected chi connectivity index (χ2v) is 16.4. The largest absolute Gasteiger partial charge is 0.389 e. The molecule has 9 nitrogen and oxygen atoms in total. The average Bonchev–Trinajstić information content (AvgIpc) is 3.17. The lowest BCUT2D eigenvalue weighted by molar-refractivity contribution is -0.00634. The number of ether oxygens (including phenoxy) is 1. The molecule has 4 aliphatic rings. The van der Waals surface area contributed by atoms with E-state index in [1.165, 1.54) is 51.4 Å². The normalized spacial score (nSPS) is 30.2. The van der Waals surface area contributed by atoms with Crippen molar-refractivity contribution in [3.8, 4) is 0 Å². The predicted octanol–water partition coefficient (Wildman–Crippen LogP) is 7.11. The van der Waals surface area contributed by atoms with Crippen LogP contribution in [0.3, 0.4) is 0 Å². The van der Waals surface area contributed by atoms with Gasteiger partial charge in [-0.05, 0) is 141 Å². The fourth-order valence-corrected chi connectivity index (χ4v) is 6.71. The summed E-state index contributed by atoms with van der Waals surface area (Å²) >= 11 is 0. The molecule has 0 aromatic rings. The minimum absolute atomic E-state index is 0.402. The molecule has 0 bridgehead atoms. The topological polar surface area (TPSA) is 135 Å². The first-order valence-electron chi connectivity index (χ1n) is 22.0. The molecule has 52 heavy (non-hydrogen) atoms. The van der Waals surface area contributed by atoms with Crippen LogP contribution in [0.2, 0.25) is 0 Å². The van der Waals surface area contributed by atoms with E-state index in [9.17, 15) is 15.3 Å². The number of nitrogens with one attached hydrogen (secondary N) is 3. The van der Waals surface area contributed by atoms with Gasteiger partial charge in [-0.15, -0.1) is 0 Å². The van der Waals surface area contributed by atoms with Gasteiger partial charge in [-0.1, -0.05) is 74.7 Å². The van der Waals surface area contributed by atoms with Crippen molar-refractivity contribution < 1.29 is 20.1 Å². The van der Waals surface area contributed by atoms with Gasteiger partial charge in [-0.25, -0.2) is 0 Å². The van der Waals surface area contributed by atoms with Crippen LogP contribution in [0.25, 0.3) is 0 Å². The van der Waals surface area contributed by atoms with Gasteiger partial charge in [0, 0.05) is 32.7 Å². The molecule has 316 valence electrons. The summed E-state index contributed by atoms with van der Waals surface area (Å²) in [5.74, 6) is 2.39. The van der Waals surface area contributed by atoms with Crippen LogP contribution in [-0.2, 0) is 4.74 Å². The molecule has 0 spiro atoms. The fourth-order valence-electron chi connectivity index (χ4n) is 6.71. The molecule has 8 N–H and O–H groups in total. The van der Waals surface area contributed by atoms with Crippen LogP contribution in [0.15, 0.2) is 0 Å². The van der Waals surface area contributed by atoms with Crippen LogP contribution < -0.4 is 21.7 Å². The number of unbranched alkanes of at least 4 members (excludes halogenated alkanes) is 2. The second kappa shape index (κ2) is 33.9. The molecule has 9 heteroatoms. The number of hydrogen-bond acceptors (Lipinski definition) is 9. The Bertz CT molecular complexity index is 725. The van der Waals surface area contributed by atoms with Crippen LogP contribution in [0.5, 0.6) is 0 Å². The van der Waals surface area contributed by atoms with Gasteiger partial charge in [0.1, 0.15) is 0 Å². The van der Waals surface area contributed by atoms with Crippen molar-refractivity contribution >= 4 is 0 Å².